The van der Waals surface area contributed by atoms with E-state index in [1.165, 1.54) is 0 Å². The molecule has 1 saturated heterocycles. The number of carbonyl (C=O) groups is 1. The molecule has 1 fully saturated rings. The summed E-state index contributed by atoms with van der Waals surface area (Å²) in [6.45, 7) is 5.67. The van der Waals surface area contributed by atoms with Crippen LogP contribution < -0.4 is 5.32 Å². The van der Waals surface area contributed by atoms with E-state index in [4.69, 9.17) is 9.15 Å². The molecule has 1 aliphatic heterocycles. The topological polar surface area (TPSA) is 54.7 Å². The second-order valence-corrected chi connectivity index (χ2v) is 4.02. The molecule has 1 aliphatic rings. The molecule has 17 heavy (non-hydrogen) atoms. The zero-order valence-corrected chi connectivity index (χ0v) is 10.1. The number of carbonyl (C=O) groups excluding carboxylic acids is 1. The van der Waals surface area contributed by atoms with Gasteiger partial charge in [-0.15, -0.1) is 0 Å². The number of rotatable bonds is 5. The predicted molar refractivity (Wildman–Crippen MR) is 62.3 cm³/mol. The number of furan rings is 1. The Bertz CT molecular complexity index is 376. The van der Waals surface area contributed by atoms with E-state index < -0.39 is 0 Å². The quantitative estimate of drug-likeness (QED) is 0.822. The number of hydrogen-bond acceptors (Lipinski definition) is 4. The Morgan fingerprint density at radius 2 is 2.24 bits per heavy atom. The van der Waals surface area contributed by atoms with Gasteiger partial charge in [0, 0.05) is 6.54 Å². The molecule has 1 N–H and O–H groups in total. The molecule has 0 aliphatic carbocycles. The van der Waals surface area contributed by atoms with Crippen molar-refractivity contribution in [2.24, 2.45) is 0 Å². The highest BCUT2D eigenvalue weighted by Gasteiger charge is 2.19. The molecule has 1 aromatic heterocycles. The summed E-state index contributed by atoms with van der Waals surface area (Å²) in [5, 5.41) is 3.20. The highest BCUT2D eigenvalue weighted by Crippen LogP contribution is 2.12. The largest absolute Gasteiger partial charge is 0.463 e. The zero-order chi connectivity index (χ0) is 12.1. The van der Waals surface area contributed by atoms with Crippen molar-refractivity contribution in [3.63, 3.8) is 0 Å². The summed E-state index contributed by atoms with van der Waals surface area (Å²) in [5.74, 6) is 1.76. The normalized spacial score (nSPS) is 16.5. The fourth-order valence-electron chi connectivity index (χ4n) is 1.76. The van der Waals surface area contributed by atoms with E-state index in [1.807, 2.05) is 12.1 Å². The molecule has 0 radical (unpaired) electrons. The van der Waals surface area contributed by atoms with Gasteiger partial charge in [0.25, 0.3) is 0 Å². The smallest absolute Gasteiger partial charge is 0.249 e. The Kier molecular flexibility index (Phi) is 4.17. The number of hydrogen-bond donors (Lipinski definition) is 1. The second kappa shape index (κ2) is 5.84. The molecule has 1 aromatic rings. The maximum Gasteiger partial charge on any atom is 0.249 e. The number of ether oxygens (including phenoxy) is 1. The van der Waals surface area contributed by atoms with E-state index in [2.05, 4.69) is 12.2 Å². The molecule has 94 valence electrons. The van der Waals surface area contributed by atoms with Gasteiger partial charge in [-0.1, -0.05) is 6.92 Å². The van der Waals surface area contributed by atoms with Gasteiger partial charge in [0.15, 0.2) is 0 Å². The van der Waals surface area contributed by atoms with Crippen molar-refractivity contribution in [2.75, 3.05) is 26.3 Å². The van der Waals surface area contributed by atoms with E-state index in [-0.39, 0.29) is 12.5 Å². The summed E-state index contributed by atoms with van der Waals surface area (Å²) in [6, 6.07) is 3.87. The molecular weight excluding hydrogens is 220 g/mol. The van der Waals surface area contributed by atoms with Crippen LogP contribution in [-0.4, -0.2) is 37.1 Å². The lowest BCUT2D eigenvalue weighted by Gasteiger charge is -2.25. The number of morpholine rings is 1. The predicted octanol–water partition coefficient (Wildman–Crippen LogP) is 0.748. The minimum Gasteiger partial charge on any atom is -0.463 e. The first-order valence-corrected chi connectivity index (χ1v) is 5.93. The van der Waals surface area contributed by atoms with Crippen molar-refractivity contribution in [1.82, 2.24) is 10.2 Å². The van der Waals surface area contributed by atoms with Crippen molar-refractivity contribution < 1.29 is 13.9 Å². The van der Waals surface area contributed by atoms with E-state index in [9.17, 15) is 4.79 Å². The lowest BCUT2D eigenvalue weighted by molar-refractivity contribution is -0.143. The third-order valence-electron chi connectivity index (χ3n) is 2.70. The van der Waals surface area contributed by atoms with Crippen molar-refractivity contribution in [2.45, 2.75) is 20.0 Å². The van der Waals surface area contributed by atoms with E-state index in [0.717, 1.165) is 24.6 Å². The summed E-state index contributed by atoms with van der Waals surface area (Å²) >= 11 is 0. The Morgan fingerprint density at radius 3 is 3.00 bits per heavy atom. The van der Waals surface area contributed by atoms with Crippen molar-refractivity contribution in [1.29, 1.82) is 0 Å². The molecule has 0 atom stereocenters. The van der Waals surface area contributed by atoms with Gasteiger partial charge in [0.1, 0.15) is 18.1 Å². The van der Waals surface area contributed by atoms with Crippen LogP contribution in [0, 0.1) is 0 Å². The molecule has 5 nitrogen and oxygen atoms in total. The Labute approximate surface area is 101 Å². The molecule has 0 aromatic carbocycles. The van der Waals surface area contributed by atoms with Gasteiger partial charge in [0.05, 0.1) is 19.7 Å². The van der Waals surface area contributed by atoms with Gasteiger partial charge in [-0.05, 0) is 18.7 Å². The van der Waals surface area contributed by atoms with E-state index in [0.29, 0.717) is 19.7 Å². The van der Waals surface area contributed by atoms with Gasteiger partial charge in [-0.2, -0.15) is 0 Å². The molecular formula is C12H18N2O3. The van der Waals surface area contributed by atoms with Gasteiger partial charge in [-0.25, -0.2) is 0 Å². The summed E-state index contributed by atoms with van der Waals surface area (Å²) in [7, 11) is 0. The Balaban J connectivity index is 1.89. The summed E-state index contributed by atoms with van der Waals surface area (Å²) in [6.07, 6.45) is 0. The van der Waals surface area contributed by atoms with Crippen LogP contribution >= 0.6 is 0 Å². The van der Waals surface area contributed by atoms with Crippen LogP contribution in [0.1, 0.15) is 18.4 Å². The molecule has 0 saturated carbocycles. The Morgan fingerprint density at radius 1 is 1.41 bits per heavy atom. The third-order valence-corrected chi connectivity index (χ3v) is 2.70. The van der Waals surface area contributed by atoms with E-state index >= 15 is 0 Å². The standard InChI is InChI=1S/C12H18N2O3/c1-2-13-7-10-3-4-11(17-10)8-14-5-6-16-9-12(14)15/h3-4,13H,2,5-9H2,1H3. The summed E-state index contributed by atoms with van der Waals surface area (Å²) in [4.78, 5) is 13.3. The fourth-order valence-corrected chi connectivity index (χ4v) is 1.76. The summed E-state index contributed by atoms with van der Waals surface area (Å²) in [5.41, 5.74) is 0. The molecule has 2 heterocycles. The van der Waals surface area contributed by atoms with Crippen LogP contribution in [0.5, 0.6) is 0 Å². The van der Waals surface area contributed by atoms with Gasteiger partial charge in [0.2, 0.25) is 5.91 Å². The number of nitrogens with zero attached hydrogens (tertiary/aromatic N) is 1. The molecule has 1 amide bonds. The lowest BCUT2D eigenvalue weighted by Crippen LogP contribution is -2.40. The van der Waals surface area contributed by atoms with Gasteiger partial charge >= 0.3 is 0 Å². The van der Waals surface area contributed by atoms with Crippen molar-refractivity contribution in [3.05, 3.63) is 23.7 Å². The Hall–Kier alpha value is -1.33. The van der Waals surface area contributed by atoms with Gasteiger partial charge < -0.3 is 19.4 Å². The SMILES string of the molecule is CCNCc1ccc(CN2CCOCC2=O)o1. The minimum absolute atomic E-state index is 0.0286. The monoisotopic (exact) mass is 238 g/mol. The van der Waals surface area contributed by atoms with E-state index in [1.54, 1.807) is 4.90 Å². The highest BCUT2D eigenvalue weighted by molar-refractivity contribution is 5.77. The maximum atomic E-state index is 11.5. The molecule has 0 unspecified atom stereocenters. The molecule has 5 heteroatoms. The maximum absolute atomic E-state index is 11.5. The van der Waals surface area contributed by atoms with Crippen LogP contribution in [0.3, 0.4) is 0 Å². The minimum atomic E-state index is 0.0286. The first-order valence-electron chi connectivity index (χ1n) is 5.93. The molecule has 2 rings (SSSR count). The van der Waals surface area contributed by atoms with Crippen molar-refractivity contribution in [3.8, 4) is 0 Å². The average Bonchev–Trinajstić information content (AvgIpc) is 2.77. The first-order chi connectivity index (χ1) is 8.29. The number of nitrogens with one attached hydrogen (secondary N) is 1. The van der Waals surface area contributed by atoms with Crippen LogP contribution in [0.15, 0.2) is 16.5 Å². The molecule has 0 spiro atoms. The van der Waals surface area contributed by atoms with Crippen LogP contribution in [0.25, 0.3) is 0 Å². The summed E-state index contributed by atoms with van der Waals surface area (Å²) < 4.78 is 10.7. The first kappa shape index (κ1) is 12.1. The number of amides is 1. The fraction of sp³-hybridized carbons (Fsp3) is 0.583. The van der Waals surface area contributed by atoms with Crippen molar-refractivity contribution >= 4 is 5.91 Å². The van der Waals surface area contributed by atoms with Crippen LogP contribution in [-0.2, 0) is 22.6 Å². The average molecular weight is 238 g/mol. The highest BCUT2D eigenvalue weighted by atomic mass is 16.5. The third kappa shape index (κ3) is 3.31. The second-order valence-electron chi connectivity index (χ2n) is 4.02. The molecule has 0 bridgehead atoms. The zero-order valence-electron chi connectivity index (χ0n) is 10.1. The lowest BCUT2D eigenvalue weighted by atomic mass is 10.3. The van der Waals surface area contributed by atoms with Crippen LogP contribution in [0.4, 0.5) is 0 Å². The van der Waals surface area contributed by atoms with Gasteiger partial charge in [-0.3, -0.25) is 4.79 Å². The van der Waals surface area contributed by atoms with Crippen LogP contribution in [0.2, 0.25) is 0 Å².